The molecule has 3 nitrogen and oxygen atoms in total. The van der Waals surface area contributed by atoms with E-state index in [1.807, 2.05) is 0 Å². The van der Waals surface area contributed by atoms with Crippen LogP contribution >= 0.6 is 0 Å². The van der Waals surface area contributed by atoms with E-state index in [0.29, 0.717) is 12.8 Å². The predicted octanol–water partition coefficient (Wildman–Crippen LogP) is 13.3. The van der Waals surface area contributed by atoms with Crippen LogP contribution in [0.1, 0.15) is 219 Å². The van der Waals surface area contributed by atoms with Crippen molar-refractivity contribution in [3.63, 3.8) is 0 Å². The molecule has 2 amide bonds. The average Bonchev–Trinajstić information content (AvgIpc) is 3.00. The maximum Gasteiger partial charge on any atom is 0.226 e. The summed E-state index contributed by atoms with van der Waals surface area (Å²) in [6.07, 6.45) is 48.8. The summed E-state index contributed by atoms with van der Waals surface area (Å²) in [6.45, 7) is 4.55. The van der Waals surface area contributed by atoms with Gasteiger partial charge in [0.1, 0.15) is 0 Å². The first-order valence-electron chi connectivity index (χ1n) is 19.3. The van der Waals surface area contributed by atoms with Crippen LogP contribution in [0.4, 0.5) is 0 Å². The molecule has 43 heavy (non-hydrogen) atoms. The van der Waals surface area contributed by atoms with Gasteiger partial charge in [-0.2, -0.15) is 0 Å². The van der Waals surface area contributed by atoms with E-state index in [1.54, 1.807) is 0 Å². The molecule has 0 saturated carbocycles. The number of rotatable bonds is 34. The van der Waals surface area contributed by atoms with Crippen molar-refractivity contribution in [1.29, 1.82) is 0 Å². The fourth-order valence-corrected chi connectivity index (χ4v) is 5.70. The SMILES string of the molecule is CCCCCCCCC=CCCCCCCCCCCCC(=O)NC(=O)CCCCCCCC=CCCCCCCCC. The summed E-state index contributed by atoms with van der Waals surface area (Å²) in [7, 11) is 0. The lowest BCUT2D eigenvalue weighted by Crippen LogP contribution is -2.29. The lowest BCUT2D eigenvalue weighted by Gasteiger charge is -2.05. The molecule has 0 rings (SSSR count). The smallest absolute Gasteiger partial charge is 0.226 e. The zero-order valence-corrected chi connectivity index (χ0v) is 29.3. The van der Waals surface area contributed by atoms with E-state index in [-0.39, 0.29) is 11.8 Å². The van der Waals surface area contributed by atoms with E-state index in [9.17, 15) is 9.59 Å². The fraction of sp³-hybridized carbons (Fsp3) is 0.850. The van der Waals surface area contributed by atoms with Gasteiger partial charge in [0, 0.05) is 12.8 Å². The summed E-state index contributed by atoms with van der Waals surface area (Å²) in [5.74, 6) is -0.172. The number of imide groups is 1. The van der Waals surface area contributed by atoms with Crippen LogP contribution in [-0.2, 0) is 9.59 Å². The standard InChI is InChI=1S/C40H75NO2/c1-3-5-7-9-11-13-15-17-19-20-21-22-24-26-28-30-32-34-36-38-40(43)41-39(42)37-35-33-31-29-27-25-23-18-16-14-12-10-8-6-4-2/h17-19,23H,3-16,20-22,24-38H2,1-2H3,(H,41,42,43). The van der Waals surface area contributed by atoms with E-state index >= 15 is 0 Å². The molecular weight excluding hydrogens is 526 g/mol. The summed E-state index contributed by atoms with van der Waals surface area (Å²) in [5.41, 5.74) is 0. The highest BCUT2D eigenvalue weighted by molar-refractivity contribution is 5.95. The van der Waals surface area contributed by atoms with Gasteiger partial charge in [0.15, 0.2) is 0 Å². The Labute approximate surface area is 269 Å². The topological polar surface area (TPSA) is 46.2 Å². The second-order valence-corrected chi connectivity index (χ2v) is 13.1. The van der Waals surface area contributed by atoms with Crippen LogP contribution in [0.2, 0.25) is 0 Å². The molecule has 0 radical (unpaired) electrons. The van der Waals surface area contributed by atoms with E-state index in [1.165, 1.54) is 167 Å². The summed E-state index contributed by atoms with van der Waals surface area (Å²) >= 11 is 0. The van der Waals surface area contributed by atoms with E-state index in [0.717, 1.165) is 25.7 Å². The average molecular weight is 602 g/mol. The third-order valence-electron chi connectivity index (χ3n) is 8.61. The van der Waals surface area contributed by atoms with Crippen molar-refractivity contribution in [1.82, 2.24) is 5.32 Å². The molecule has 3 heteroatoms. The minimum atomic E-state index is -0.0871. The van der Waals surface area contributed by atoms with Crippen LogP contribution in [-0.4, -0.2) is 11.8 Å². The molecule has 0 saturated heterocycles. The number of unbranched alkanes of at least 4 members (excludes halogenated alkanes) is 26. The van der Waals surface area contributed by atoms with Crippen molar-refractivity contribution >= 4 is 11.8 Å². The highest BCUT2D eigenvalue weighted by Gasteiger charge is 2.07. The largest absolute Gasteiger partial charge is 0.296 e. The van der Waals surface area contributed by atoms with Crippen molar-refractivity contribution in [2.45, 2.75) is 219 Å². The Balaban J connectivity index is 3.34. The summed E-state index contributed by atoms with van der Waals surface area (Å²) < 4.78 is 0. The second-order valence-electron chi connectivity index (χ2n) is 13.1. The van der Waals surface area contributed by atoms with Gasteiger partial charge in [0.25, 0.3) is 0 Å². The molecule has 0 atom stereocenters. The van der Waals surface area contributed by atoms with Crippen molar-refractivity contribution in [2.75, 3.05) is 0 Å². The van der Waals surface area contributed by atoms with Crippen LogP contribution in [0.15, 0.2) is 24.3 Å². The van der Waals surface area contributed by atoms with E-state index in [4.69, 9.17) is 0 Å². The van der Waals surface area contributed by atoms with Crippen molar-refractivity contribution in [3.8, 4) is 0 Å². The van der Waals surface area contributed by atoms with Crippen LogP contribution < -0.4 is 5.32 Å². The van der Waals surface area contributed by atoms with Gasteiger partial charge in [-0.05, 0) is 64.2 Å². The second kappa shape index (κ2) is 36.8. The zero-order valence-electron chi connectivity index (χ0n) is 29.3. The molecule has 0 spiro atoms. The molecule has 0 aliphatic heterocycles. The Hall–Kier alpha value is -1.38. The van der Waals surface area contributed by atoms with Crippen LogP contribution in [0.25, 0.3) is 0 Å². The van der Waals surface area contributed by atoms with E-state index in [2.05, 4.69) is 43.5 Å². The summed E-state index contributed by atoms with van der Waals surface area (Å²) in [5, 5.41) is 2.60. The number of hydrogen-bond donors (Lipinski definition) is 1. The Morgan fingerprint density at radius 2 is 0.581 bits per heavy atom. The molecular formula is C40H75NO2. The van der Waals surface area contributed by atoms with Crippen molar-refractivity contribution < 1.29 is 9.59 Å². The third-order valence-corrected chi connectivity index (χ3v) is 8.61. The Morgan fingerprint density at radius 3 is 0.860 bits per heavy atom. The molecule has 0 aromatic rings. The molecule has 0 aromatic carbocycles. The number of allylic oxidation sites excluding steroid dienone is 4. The molecule has 0 aliphatic carbocycles. The maximum absolute atomic E-state index is 12.1. The van der Waals surface area contributed by atoms with Gasteiger partial charge in [0.05, 0.1) is 0 Å². The van der Waals surface area contributed by atoms with Gasteiger partial charge in [-0.25, -0.2) is 0 Å². The lowest BCUT2D eigenvalue weighted by molar-refractivity contribution is -0.130. The number of carbonyl (C=O) groups is 2. The van der Waals surface area contributed by atoms with Crippen molar-refractivity contribution in [3.05, 3.63) is 24.3 Å². The summed E-state index contributed by atoms with van der Waals surface area (Å²) in [6, 6.07) is 0. The Kier molecular flexibility index (Phi) is 35.6. The summed E-state index contributed by atoms with van der Waals surface area (Å²) in [4.78, 5) is 24.1. The molecule has 0 aromatic heterocycles. The van der Waals surface area contributed by atoms with Gasteiger partial charge in [-0.3, -0.25) is 14.9 Å². The van der Waals surface area contributed by atoms with Crippen LogP contribution in [0, 0.1) is 0 Å². The van der Waals surface area contributed by atoms with Crippen LogP contribution in [0.5, 0.6) is 0 Å². The number of nitrogens with one attached hydrogen (secondary N) is 1. The maximum atomic E-state index is 12.1. The number of amides is 2. The minimum absolute atomic E-state index is 0.0845. The molecule has 252 valence electrons. The minimum Gasteiger partial charge on any atom is -0.296 e. The van der Waals surface area contributed by atoms with Gasteiger partial charge in [-0.15, -0.1) is 0 Å². The Morgan fingerprint density at radius 1 is 0.349 bits per heavy atom. The normalized spacial score (nSPS) is 11.7. The first-order valence-corrected chi connectivity index (χ1v) is 19.3. The lowest BCUT2D eigenvalue weighted by atomic mass is 10.1. The molecule has 1 N–H and O–H groups in total. The molecule has 0 heterocycles. The highest BCUT2D eigenvalue weighted by atomic mass is 16.2. The number of hydrogen-bond acceptors (Lipinski definition) is 2. The van der Waals surface area contributed by atoms with Gasteiger partial charge in [0.2, 0.25) is 11.8 Å². The molecule has 0 bridgehead atoms. The van der Waals surface area contributed by atoms with Gasteiger partial charge < -0.3 is 0 Å². The Bertz CT molecular complexity index is 638. The van der Waals surface area contributed by atoms with Gasteiger partial charge >= 0.3 is 0 Å². The highest BCUT2D eigenvalue weighted by Crippen LogP contribution is 2.13. The van der Waals surface area contributed by atoms with Crippen LogP contribution in [0.3, 0.4) is 0 Å². The quantitative estimate of drug-likeness (QED) is 0.0589. The zero-order chi connectivity index (χ0) is 31.3. The third kappa shape index (κ3) is 36.7. The monoisotopic (exact) mass is 602 g/mol. The first kappa shape index (κ1) is 41.6. The molecule has 0 aliphatic rings. The molecule has 0 unspecified atom stereocenters. The first-order chi connectivity index (χ1) is 21.2. The number of carbonyl (C=O) groups excluding carboxylic acids is 2. The van der Waals surface area contributed by atoms with E-state index < -0.39 is 0 Å². The fourth-order valence-electron chi connectivity index (χ4n) is 5.70. The predicted molar refractivity (Wildman–Crippen MR) is 191 cm³/mol. The van der Waals surface area contributed by atoms with Gasteiger partial charge in [-0.1, -0.05) is 167 Å². The van der Waals surface area contributed by atoms with Crippen molar-refractivity contribution in [2.24, 2.45) is 0 Å². The molecule has 0 fully saturated rings.